The number of sulfone groups is 1. The van der Waals surface area contributed by atoms with Crippen LogP contribution >= 0.6 is 0 Å². The number of rotatable bonds is 6. The van der Waals surface area contributed by atoms with Gasteiger partial charge in [-0.25, -0.2) is 18.4 Å². The number of hydrogen-bond donors (Lipinski definition) is 1. The average Bonchev–Trinajstić information content (AvgIpc) is 2.46. The number of nitrogens with one attached hydrogen (secondary N) is 1. The summed E-state index contributed by atoms with van der Waals surface area (Å²) in [6.45, 7) is 5.49. The highest BCUT2D eigenvalue weighted by atomic mass is 32.2. The largest absolute Gasteiger partial charge is 0.353 e. The maximum absolute atomic E-state index is 12.2. The molecule has 0 aliphatic heterocycles. The molecule has 1 atom stereocenters. The lowest BCUT2D eigenvalue weighted by Gasteiger charge is -2.12. The number of nitrogens with zero attached hydrogens (tertiary/aromatic N) is 2. The van der Waals surface area contributed by atoms with E-state index in [1.54, 1.807) is 13.0 Å². The predicted molar refractivity (Wildman–Crippen MR) is 89.7 cm³/mol. The maximum Gasteiger partial charge on any atom is 0.235 e. The molecule has 1 heterocycles. The van der Waals surface area contributed by atoms with Gasteiger partial charge < -0.3 is 5.32 Å². The Balaban J connectivity index is 2.17. The molecular weight excluding hydrogens is 314 g/mol. The Bertz CT molecular complexity index is 818. The van der Waals surface area contributed by atoms with Gasteiger partial charge in [0.1, 0.15) is 5.75 Å². The van der Waals surface area contributed by atoms with E-state index >= 15 is 0 Å². The van der Waals surface area contributed by atoms with Crippen molar-refractivity contribution in [1.82, 2.24) is 15.3 Å². The normalized spacial score (nSPS) is 13.0. The van der Waals surface area contributed by atoms with Crippen molar-refractivity contribution in [2.24, 2.45) is 0 Å². The minimum Gasteiger partial charge on any atom is -0.353 e. The summed E-state index contributed by atoms with van der Waals surface area (Å²) in [6.07, 6.45) is 0.751. The Labute approximate surface area is 136 Å². The second-order valence-electron chi connectivity index (χ2n) is 5.65. The van der Waals surface area contributed by atoms with E-state index in [4.69, 9.17) is 0 Å². The van der Waals surface area contributed by atoms with Crippen LogP contribution in [0.2, 0.25) is 0 Å². The Morgan fingerprint density at radius 2 is 1.83 bits per heavy atom. The highest BCUT2D eigenvalue weighted by molar-refractivity contribution is 7.91. The number of hydrogen-bond acceptors (Lipinski definition) is 5. The number of aryl methyl sites for hydroxylation is 1. The average molecular weight is 335 g/mol. The van der Waals surface area contributed by atoms with E-state index in [2.05, 4.69) is 15.3 Å². The van der Waals surface area contributed by atoms with Crippen LogP contribution in [0.15, 0.2) is 24.3 Å². The minimum absolute atomic E-state index is 0.0418. The fourth-order valence-corrected chi connectivity index (χ4v) is 3.41. The number of carbonyl (C=O) groups is 1. The zero-order chi connectivity index (χ0) is 17.0. The molecule has 0 aliphatic carbocycles. The standard InChI is InChI=1S/C16H21N3O3S/c1-4-11(2)17-16(20)10-23(21,22)9-15-12(3)18-13-7-5-6-8-14(13)19-15/h5-8,11H,4,9-10H2,1-3H3,(H,17,20)/t11-/m1/s1. The SMILES string of the molecule is CC[C@@H](C)NC(=O)CS(=O)(=O)Cc1nc2ccccc2nc1C. The fraction of sp³-hybridized carbons (Fsp3) is 0.438. The maximum atomic E-state index is 12.2. The van der Waals surface area contributed by atoms with Gasteiger partial charge in [0, 0.05) is 6.04 Å². The molecule has 0 radical (unpaired) electrons. The molecule has 6 nitrogen and oxygen atoms in total. The number of fused-ring (bicyclic) bond motifs is 1. The molecule has 0 unspecified atom stereocenters. The molecule has 0 fully saturated rings. The first-order valence-corrected chi connectivity index (χ1v) is 9.35. The summed E-state index contributed by atoms with van der Waals surface area (Å²) < 4.78 is 24.5. The first kappa shape index (κ1) is 17.3. The second-order valence-corrected chi connectivity index (χ2v) is 7.72. The smallest absolute Gasteiger partial charge is 0.235 e. The van der Waals surface area contributed by atoms with Gasteiger partial charge in [0.2, 0.25) is 5.91 Å². The van der Waals surface area contributed by atoms with Crippen LogP contribution in [0.25, 0.3) is 11.0 Å². The van der Waals surface area contributed by atoms with E-state index < -0.39 is 21.5 Å². The first-order valence-electron chi connectivity index (χ1n) is 7.53. The zero-order valence-electron chi connectivity index (χ0n) is 13.5. The van der Waals surface area contributed by atoms with Gasteiger partial charge >= 0.3 is 0 Å². The van der Waals surface area contributed by atoms with Gasteiger partial charge in [-0.2, -0.15) is 0 Å². The number of benzene rings is 1. The number of para-hydroxylation sites is 2. The Morgan fingerprint density at radius 3 is 2.43 bits per heavy atom. The summed E-state index contributed by atoms with van der Waals surface area (Å²) in [5.74, 6) is -1.30. The molecule has 23 heavy (non-hydrogen) atoms. The van der Waals surface area contributed by atoms with Crippen molar-refractivity contribution in [2.45, 2.75) is 39.0 Å². The third-order valence-electron chi connectivity index (χ3n) is 3.57. The van der Waals surface area contributed by atoms with Crippen LogP contribution in [-0.4, -0.2) is 36.1 Å². The van der Waals surface area contributed by atoms with Gasteiger partial charge in [0.15, 0.2) is 9.84 Å². The minimum atomic E-state index is -3.59. The molecule has 1 aromatic carbocycles. The highest BCUT2D eigenvalue weighted by Gasteiger charge is 2.20. The number of amides is 1. The molecule has 0 bridgehead atoms. The quantitative estimate of drug-likeness (QED) is 0.869. The molecule has 0 saturated carbocycles. The topological polar surface area (TPSA) is 89.0 Å². The van der Waals surface area contributed by atoms with Crippen LogP contribution in [0.3, 0.4) is 0 Å². The molecule has 2 aromatic rings. The van der Waals surface area contributed by atoms with Gasteiger partial charge in [0.05, 0.1) is 28.2 Å². The number of aromatic nitrogens is 2. The van der Waals surface area contributed by atoms with E-state index in [9.17, 15) is 13.2 Å². The van der Waals surface area contributed by atoms with Crippen molar-refractivity contribution >= 4 is 26.8 Å². The third kappa shape index (κ3) is 4.72. The van der Waals surface area contributed by atoms with Crippen LogP contribution in [0, 0.1) is 6.92 Å². The molecule has 1 aromatic heterocycles. The molecule has 0 saturated heterocycles. The predicted octanol–water partition coefficient (Wildman–Crippen LogP) is 1.77. The van der Waals surface area contributed by atoms with Crippen molar-refractivity contribution in [3.05, 3.63) is 35.7 Å². The highest BCUT2D eigenvalue weighted by Crippen LogP contribution is 2.14. The van der Waals surface area contributed by atoms with Crippen molar-refractivity contribution in [1.29, 1.82) is 0 Å². The summed E-state index contributed by atoms with van der Waals surface area (Å²) in [4.78, 5) is 20.5. The monoisotopic (exact) mass is 335 g/mol. The number of carbonyl (C=O) groups excluding carboxylic acids is 1. The molecule has 7 heteroatoms. The van der Waals surface area contributed by atoms with Crippen molar-refractivity contribution in [3.63, 3.8) is 0 Å². The Morgan fingerprint density at radius 1 is 1.22 bits per heavy atom. The van der Waals surface area contributed by atoms with Crippen LogP contribution in [0.1, 0.15) is 31.7 Å². The fourth-order valence-electron chi connectivity index (χ4n) is 2.14. The summed E-state index contributed by atoms with van der Waals surface area (Å²) >= 11 is 0. The molecule has 124 valence electrons. The van der Waals surface area contributed by atoms with Crippen LogP contribution < -0.4 is 5.32 Å². The molecule has 0 spiro atoms. The lowest BCUT2D eigenvalue weighted by atomic mass is 10.2. The van der Waals surface area contributed by atoms with Crippen molar-refractivity contribution in [3.8, 4) is 0 Å². The van der Waals surface area contributed by atoms with Crippen molar-refractivity contribution in [2.75, 3.05) is 5.75 Å². The van der Waals surface area contributed by atoms with Gasteiger partial charge in [-0.3, -0.25) is 4.79 Å². The Hall–Kier alpha value is -2.02. The van der Waals surface area contributed by atoms with E-state index in [0.29, 0.717) is 16.9 Å². The zero-order valence-corrected chi connectivity index (χ0v) is 14.4. The van der Waals surface area contributed by atoms with Crippen LogP contribution in [-0.2, 0) is 20.4 Å². The lowest BCUT2D eigenvalue weighted by Crippen LogP contribution is -2.36. The van der Waals surface area contributed by atoms with E-state index in [-0.39, 0.29) is 11.8 Å². The van der Waals surface area contributed by atoms with Gasteiger partial charge in [0.25, 0.3) is 0 Å². The molecular formula is C16H21N3O3S. The summed E-state index contributed by atoms with van der Waals surface area (Å²) in [7, 11) is -3.59. The van der Waals surface area contributed by atoms with Crippen LogP contribution in [0.5, 0.6) is 0 Å². The molecule has 0 aliphatic rings. The lowest BCUT2D eigenvalue weighted by molar-refractivity contribution is -0.119. The summed E-state index contributed by atoms with van der Waals surface area (Å²) in [6, 6.07) is 7.25. The first-order chi connectivity index (χ1) is 10.8. The van der Waals surface area contributed by atoms with E-state index in [1.807, 2.05) is 32.0 Å². The van der Waals surface area contributed by atoms with Gasteiger partial charge in [-0.1, -0.05) is 19.1 Å². The third-order valence-corrected chi connectivity index (χ3v) is 4.99. The van der Waals surface area contributed by atoms with E-state index in [0.717, 1.165) is 11.9 Å². The molecule has 1 amide bonds. The Kier molecular flexibility index (Phi) is 5.30. The second kappa shape index (κ2) is 7.04. The summed E-state index contributed by atoms with van der Waals surface area (Å²) in [5.41, 5.74) is 2.32. The van der Waals surface area contributed by atoms with Gasteiger partial charge in [-0.05, 0) is 32.4 Å². The molecule has 1 N–H and O–H groups in total. The van der Waals surface area contributed by atoms with Crippen LogP contribution in [0.4, 0.5) is 0 Å². The van der Waals surface area contributed by atoms with Crippen molar-refractivity contribution < 1.29 is 13.2 Å². The van der Waals surface area contributed by atoms with Gasteiger partial charge in [-0.15, -0.1) is 0 Å². The summed E-state index contributed by atoms with van der Waals surface area (Å²) in [5, 5.41) is 2.66. The van der Waals surface area contributed by atoms with E-state index in [1.165, 1.54) is 0 Å². The molecule has 2 rings (SSSR count).